The lowest BCUT2D eigenvalue weighted by Gasteiger charge is -2.22. The first-order chi connectivity index (χ1) is 7.51. The summed E-state index contributed by atoms with van der Waals surface area (Å²) in [4.78, 5) is 13.8. The zero-order valence-corrected chi connectivity index (χ0v) is 11.4. The third kappa shape index (κ3) is 2.55. The monoisotopic (exact) mass is 288 g/mol. The number of hydrogen-bond donors (Lipinski definition) is 1. The lowest BCUT2D eigenvalue weighted by molar-refractivity contribution is -0.134. The molecule has 1 atom stereocenters. The first-order valence-corrected chi connectivity index (χ1v) is 6.09. The van der Waals surface area contributed by atoms with E-state index in [1.54, 1.807) is 15.8 Å². The minimum Gasteiger partial charge on any atom is -0.381 e. The maximum atomic E-state index is 12.0. The number of nitrogen functional groups attached to an aromatic ring is 1. The number of nitrogens with two attached hydrogens (primary N) is 1. The highest BCUT2D eigenvalue weighted by molar-refractivity contribution is 9.10. The van der Waals surface area contributed by atoms with E-state index in [9.17, 15) is 4.79 Å². The van der Waals surface area contributed by atoms with Gasteiger partial charge in [-0.1, -0.05) is 0 Å². The average molecular weight is 289 g/mol. The van der Waals surface area contributed by atoms with Crippen LogP contribution in [0.3, 0.4) is 0 Å². The van der Waals surface area contributed by atoms with Gasteiger partial charge in [0, 0.05) is 19.3 Å². The van der Waals surface area contributed by atoms with E-state index in [0.717, 1.165) is 0 Å². The summed E-state index contributed by atoms with van der Waals surface area (Å²) in [6, 6.07) is -0.325. The third-order valence-corrected chi connectivity index (χ3v) is 3.15. The van der Waals surface area contributed by atoms with Gasteiger partial charge in [-0.2, -0.15) is 5.10 Å². The molecule has 16 heavy (non-hydrogen) atoms. The van der Waals surface area contributed by atoms with Crippen LogP contribution in [0.4, 0.5) is 5.82 Å². The molecule has 0 spiro atoms. The molecule has 0 aliphatic heterocycles. The molecule has 90 valence electrons. The van der Waals surface area contributed by atoms with Gasteiger partial charge in [0.1, 0.15) is 6.04 Å². The van der Waals surface area contributed by atoms with Crippen LogP contribution in [-0.4, -0.2) is 33.7 Å². The Morgan fingerprint density at radius 2 is 2.19 bits per heavy atom. The van der Waals surface area contributed by atoms with Crippen molar-refractivity contribution in [3.8, 4) is 0 Å². The van der Waals surface area contributed by atoms with Gasteiger partial charge in [0.15, 0.2) is 5.82 Å². The lowest BCUT2D eigenvalue weighted by atomic mass is 10.3. The third-order valence-electron chi connectivity index (χ3n) is 2.54. The second kappa shape index (κ2) is 5.34. The minimum absolute atomic E-state index is 0.0556. The Kier molecular flexibility index (Phi) is 4.35. The van der Waals surface area contributed by atoms with E-state index in [-0.39, 0.29) is 11.9 Å². The highest BCUT2D eigenvalue weighted by Crippen LogP contribution is 2.20. The van der Waals surface area contributed by atoms with Gasteiger partial charge in [-0.25, -0.2) is 0 Å². The van der Waals surface area contributed by atoms with Crippen molar-refractivity contribution >= 4 is 27.7 Å². The van der Waals surface area contributed by atoms with E-state index in [1.807, 2.05) is 20.8 Å². The van der Waals surface area contributed by atoms with Crippen LogP contribution in [0.25, 0.3) is 0 Å². The minimum atomic E-state index is -0.325. The fourth-order valence-electron chi connectivity index (χ4n) is 1.49. The molecule has 1 amide bonds. The van der Waals surface area contributed by atoms with Crippen molar-refractivity contribution < 1.29 is 4.79 Å². The molecule has 0 radical (unpaired) electrons. The Labute approximate surface area is 104 Å². The number of halogens is 1. The molecule has 0 aromatic carbocycles. The van der Waals surface area contributed by atoms with Crippen molar-refractivity contribution in [2.24, 2.45) is 0 Å². The van der Waals surface area contributed by atoms with Crippen LogP contribution in [0.1, 0.15) is 26.8 Å². The van der Waals surface area contributed by atoms with E-state index in [2.05, 4.69) is 21.0 Å². The summed E-state index contributed by atoms with van der Waals surface area (Å²) in [7, 11) is 0. The van der Waals surface area contributed by atoms with Gasteiger partial charge in [-0.05, 0) is 36.7 Å². The zero-order valence-electron chi connectivity index (χ0n) is 9.77. The molecule has 1 heterocycles. The number of likely N-dealkylation sites (N-methyl/N-ethyl adjacent to an activating group) is 1. The van der Waals surface area contributed by atoms with Crippen molar-refractivity contribution in [3.05, 3.63) is 10.7 Å². The van der Waals surface area contributed by atoms with Crippen LogP contribution in [0.5, 0.6) is 0 Å². The summed E-state index contributed by atoms with van der Waals surface area (Å²) in [5.41, 5.74) is 5.62. The largest absolute Gasteiger partial charge is 0.381 e. The van der Waals surface area contributed by atoms with Crippen molar-refractivity contribution in [2.75, 3.05) is 18.8 Å². The number of aromatic nitrogens is 2. The Hall–Kier alpha value is -1.04. The Morgan fingerprint density at radius 1 is 1.62 bits per heavy atom. The molecular formula is C10H17BrN4O. The van der Waals surface area contributed by atoms with Crippen LogP contribution >= 0.6 is 15.9 Å². The van der Waals surface area contributed by atoms with Crippen LogP contribution < -0.4 is 5.73 Å². The van der Waals surface area contributed by atoms with Gasteiger partial charge < -0.3 is 10.6 Å². The lowest BCUT2D eigenvalue weighted by Crippen LogP contribution is -2.36. The maximum Gasteiger partial charge on any atom is 0.247 e. The highest BCUT2D eigenvalue weighted by Gasteiger charge is 2.21. The molecule has 0 aliphatic carbocycles. The van der Waals surface area contributed by atoms with Crippen molar-refractivity contribution in [3.63, 3.8) is 0 Å². The van der Waals surface area contributed by atoms with Gasteiger partial charge in [0.05, 0.1) is 4.47 Å². The van der Waals surface area contributed by atoms with Gasteiger partial charge in [0.25, 0.3) is 0 Å². The number of hydrogen-bond acceptors (Lipinski definition) is 3. The molecule has 0 saturated heterocycles. The first-order valence-electron chi connectivity index (χ1n) is 5.30. The molecule has 0 saturated carbocycles. The predicted octanol–water partition coefficient (Wildman–Crippen LogP) is 1.66. The molecule has 5 nitrogen and oxygen atoms in total. The second-order valence-corrected chi connectivity index (χ2v) is 4.38. The molecule has 2 N–H and O–H groups in total. The Morgan fingerprint density at radius 3 is 2.56 bits per heavy atom. The van der Waals surface area contributed by atoms with E-state index >= 15 is 0 Å². The average Bonchev–Trinajstić information content (AvgIpc) is 2.59. The maximum absolute atomic E-state index is 12.0. The zero-order chi connectivity index (χ0) is 12.3. The molecule has 0 aliphatic rings. The smallest absolute Gasteiger partial charge is 0.247 e. The number of carbonyl (C=O) groups excluding carboxylic acids is 1. The topological polar surface area (TPSA) is 64.2 Å². The molecule has 6 heteroatoms. The summed E-state index contributed by atoms with van der Waals surface area (Å²) in [5, 5.41) is 4.08. The van der Waals surface area contributed by atoms with E-state index in [4.69, 9.17) is 5.73 Å². The molecule has 1 aromatic heterocycles. The van der Waals surface area contributed by atoms with E-state index < -0.39 is 0 Å². The van der Waals surface area contributed by atoms with Crippen LogP contribution in [0.2, 0.25) is 0 Å². The standard InChI is InChI=1S/C10H17BrN4O/c1-4-14(5-2)10(16)7(3)15-6-8(11)9(12)13-15/h6-7H,4-5H2,1-3H3,(H2,12,13). The number of amides is 1. The Balaban J connectivity index is 2.85. The van der Waals surface area contributed by atoms with Crippen LogP contribution in [0.15, 0.2) is 10.7 Å². The van der Waals surface area contributed by atoms with Crippen molar-refractivity contribution in [1.82, 2.24) is 14.7 Å². The number of rotatable bonds is 4. The molecule has 1 unspecified atom stereocenters. The number of anilines is 1. The van der Waals surface area contributed by atoms with Gasteiger partial charge in [-0.3, -0.25) is 9.48 Å². The molecular weight excluding hydrogens is 272 g/mol. The molecule has 0 bridgehead atoms. The second-order valence-electron chi connectivity index (χ2n) is 3.53. The van der Waals surface area contributed by atoms with E-state index in [1.165, 1.54) is 0 Å². The Bertz CT molecular complexity index is 353. The summed E-state index contributed by atoms with van der Waals surface area (Å²) in [6.45, 7) is 7.15. The summed E-state index contributed by atoms with van der Waals surface area (Å²) >= 11 is 3.27. The normalized spacial score (nSPS) is 12.5. The summed E-state index contributed by atoms with van der Waals surface area (Å²) in [5.74, 6) is 0.458. The summed E-state index contributed by atoms with van der Waals surface area (Å²) in [6.07, 6.45) is 1.72. The number of nitrogens with zero attached hydrogens (tertiary/aromatic N) is 3. The highest BCUT2D eigenvalue weighted by atomic mass is 79.9. The van der Waals surface area contributed by atoms with Crippen molar-refractivity contribution in [1.29, 1.82) is 0 Å². The van der Waals surface area contributed by atoms with Crippen LogP contribution in [-0.2, 0) is 4.79 Å². The van der Waals surface area contributed by atoms with Gasteiger partial charge in [-0.15, -0.1) is 0 Å². The fourth-order valence-corrected chi connectivity index (χ4v) is 1.78. The SMILES string of the molecule is CCN(CC)C(=O)C(C)n1cc(Br)c(N)n1. The molecule has 0 fully saturated rings. The molecule has 1 rings (SSSR count). The fraction of sp³-hybridized carbons (Fsp3) is 0.600. The van der Waals surface area contributed by atoms with Gasteiger partial charge >= 0.3 is 0 Å². The molecule has 1 aromatic rings. The van der Waals surface area contributed by atoms with Crippen LogP contribution in [0, 0.1) is 0 Å². The predicted molar refractivity (Wildman–Crippen MR) is 67.0 cm³/mol. The van der Waals surface area contributed by atoms with Gasteiger partial charge in [0.2, 0.25) is 5.91 Å². The number of carbonyl (C=O) groups is 1. The summed E-state index contributed by atoms with van der Waals surface area (Å²) < 4.78 is 2.30. The first kappa shape index (κ1) is 13.0. The van der Waals surface area contributed by atoms with E-state index in [0.29, 0.717) is 23.4 Å². The quantitative estimate of drug-likeness (QED) is 0.916. The van der Waals surface area contributed by atoms with Crippen molar-refractivity contribution in [2.45, 2.75) is 26.8 Å².